The second kappa shape index (κ2) is 5.97. The quantitative estimate of drug-likeness (QED) is 0.742. The lowest BCUT2D eigenvalue weighted by Gasteiger charge is -2.06. The highest BCUT2D eigenvalue weighted by atomic mass is 35.5. The van der Waals surface area contributed by atoms with Gasteiger partial charge in [-0.05, 0) is 32.0 Å². The smallest absolute Gasteiger partial charge is 0.165 e. The van der Waals surface area contributed by atoms with Crippen molar-refractivity contribution in [1.29, 1.82) is 0 Å². The lowest BCUT2D eigenvalue weighted by Crippen LogP contribution is -2.09. The Labute approximate surface area is 99.4 Å². The minimum absolute atomic E-state index is 0.0318. The van der Waals surface area contributed by atoms with Crippen molar-refractivity contribution in [2.75, 3.05) is 6.61 Å². The van der Waals surface area contributed by atoms with E-state index in [2.05, 4.69) is 0 Å². The van der Waals surface area contributed by atoms with Crippen LogP contribution in [0.2, 0.25) is 5.02 Å². The number of ether oxygens (including phenoxy) is 1. The molecule has 88 valence electrons. The molecule has 2 nitrogen and oxygen atoms in total. The number of benzene rings is 1. The fourth-order valence-corrected chi connectivity index (χ4v) is 1.38. The van der Waals surface area contributed by atoms with E-state index < -0.39 is 5.82 Å². The van der Waals surface area contributed by atoms with Crippen LogP contribution in [0.4, 0.5) is 4.39 Å². The van der Waals surface area contributed by atoms with Gasteiger partial charge in [-0.15, -0.1) is 0 Å². The van der Waals surface area contributed by atoms with Crippen LogP contribution in [0, 0.1) is 5.82 Å². The topological polar surface area (TPSA) is 26.3 Å². The van der Waals surface area contributed by atoms with E-state index in [9.17, 15) is 9.18 Å². The summed E-state index contributed by atoms with van der Waals surface area (Å²) in [5, 5.41) is -0.0318. The van der Waals surface area contributed by atoms with Crippen molar-refractivity contribution in [3.63, 3.8) is 0 Å². The zero-order chi connectivity index (χ0) is 12.1. The van der Waals surface area contributed by atoms with E-state index in [0.29, 0.717) is 12.2 Å². The van der Waals surface area contributed by atoms with Gasteiger partial charge in [-0.1, -0.05) is 11.6 Å². The largest absolute Gasteiger partial charge is 0.378 e. The molecule has 0 unspecified atom stereocenters. The molecule has 1 aromatic carbocycles. The van der Waals surface area contributed by atoms with Gasteiger partial charge >= 0.3 is 0 Å². The van der Waals surface area contributed by atoms with E-state index in [1.807, 2.05) is 13.8 Å². The van der Waals surface area contributed by atoms with Crippen molar-refractivity contribution < 1.29 is 13.9 Å². The van der Waals surface area contributed by atoms with Crippen LogP contribution in [-0.4, -0.2) is 18.5 Å². The molecule has 0 spiro atoms. The fourth-order valence-electron chi connectivity index (χ4n) is 1.20. The predicted octanol–water partition coefficient (Wildman–Crippen LogP) is 3.48. The molecule has 1 rings (SSSR count). The molecule has 0 aliphatic rings. The summed E-state index contributed by atoms with van der Waals surface area (Å²) < 4.78 is 18.1. The molecular formula is C12H14ClFO2. The third-order valence-electron chi connectivity index (χ3n) is 2.02. The van der Waals surface area contributed by atoms with Crippen molar-refractivity contribution >= 4 is 17.4 Å². The molecule has 0 saturated carbocycles. The predicted molar refractivity (Wildman–Crippen MR) is 61.4 cm³/mol. The van der Waals surface area contributed by atoms with E-state index >= 15 is 0 Å². The Morgan fingerprint density at radius 3 is 2.75 bits per heavy atom. The summed E-state index contributed by atoms with van der Waals surface area (Å²) in [7, 11) is 0. The molecule has 0 radical (unpaired) electrons. The van der Waals surface area contributed by atoms with Crippen LogP contribution in [0.1, 0.15) is 30.6 Å². The highest BCUT2D eigenvalue weighted by Crippen LogP contribution is 2.17. The van der Waals surface area contributed by atoms with Gasteiger partial charge in [0.05, 0.1) is 17.7 Å². The van der Waals surface area contributed by atoms with Crippen LogP contribution < -0.4 is 0 Å². The fraction of sp³-hybridized carbons (Fsp3) is 0.417. The molecule has 0 N–H and O–H groups in total. The maximum absolute atomic E-state index is 12.9. The number of carbonyl (C=O) groups is 1. The summed E-state index contributed by atoms with van der Waals surface area (Å²) in [4.78, 5) is 11.6. The summed E-state index contributed by atoms with van der Waals surface area (Å²) in [5.74, 6) is -0.612. The van der Waals surface area contributed by atoms with E-state index in [-0.39, 0.29) is 23.3 Å². The first-order chi connectivity index (χ1) is 7.50. The van der Waals surface area contributed by atoms with Gasteiger partial charge < -0.3 is 4.74 Å². The average molecular weight is 245 g/mol. The zero-order valence-electron chi connectivity index (χ0n) is 9.30. The molecule has 0 aliphatic heterocycles. The molecular weight excluding hydrogens is 231 g/mol. The standard InChI is InChI=1S/C12H14ClFO2/c1-8(2)16-6-5-12(15)9-3-4-11(14)10(13)7-9/h3-4,7-8H,5-6H2,1-2H3. The molecule has 1 aromatic rings. The van der Waals surface area contributed by atoms with Crippen LogP contribution in [0.5, 0.6) is 0 Å². The van der Waals surface area contributed by atoms with Crippen LogP contribution in [0.15, 0.2) is 18.2 Å². The van der Waals surface area contributed by atoms with Gasteiger partial charge in [0.25, 0.3) is 0 Å². The minimum atomic E-state index is -0.517. The van der Waals surface area contributed by atoms with Crippen molar-refractivity contribution in [3.8, 4) is 0 Å². The lowest BCUT2D eigenvalue weighted by molar-refractivity contribution is 0.0678. The molecule has 0 bridgehead atoms. The zero-order valence-corrected chi connectivity index (χ0v) is 10.1. The van der Waals surface area contributed by atoms with Gasteiger partial charge in [0, 0.05) is 12.0 Å². The first kappa shape index (κ1) is 13.1. The van der Waals surface area contributed by atoms with Crippen molar-refractivity contribution in [1.82, 2.24) is 0 Å². The first-order valence-corrected chi connectivity index (χ1v) is 5.48. The number of halogens is 2. The van der Waals surface area contributed by atoms with Gasteiger partial charge in [0.1, 0.15) is 5.82 Å². The molecule has 16 heavy (non-hydrogen) atoms. The van der Waals surface area contributed by atoms with Crippen molar-refractivity contribution in [2.45, 2.75) is 26.4 Å². The summed E-state index contributed by atoms with van der Waals surface area (Å²) in [6.45, 7) is 4.17. The van der Waals surface area contributed by atoms with Gasteiger partial charge in [0.2, 0.25) is 0 Å². The second-order valence-electron chi connectivity index (χ2n) is 3.72. The number of ketones is 1. The summed E-state index contributed by atoms with van der Waals surface area (Å²) in [5.41, 5.74) is 0.416. The summed E-state index contributed by atoms with van der Waals surface area (Å²) in [6, 6.07) is 3.96. The summed E-state index contributed by atoms with van der Waals surface area (Å²) >= 11 is 5.58. The number of Topliss-reactive ketones (excluding diaryl/α,β-unsaturated/α-hetero) is 1. The van der Waals surface area contributed by atoms with Crippen LogP contribution in [-0.2, 0) is 4.74 Å². The van der Waals surface area contributed by atoms with Crippen LogP contribution in [0.3, 0.4) is 0 Å². The Balaban J connectivity index is 2.56. The van der Waals surface area contributed by atoms with Gasteiger partial charge in [-0.25, -0.2) is 4.39 Å². The molecule has 0 amide bonds. The van der Waals surface area contributed by atoms with Gasteiger partial charge in [0.15, 0.2) is 5.78 Å². The SMILES string of the molecule is CC(C)OCCC(=O)c1ccc(F)c(Cl)c1. The third kappa shape index (κ3) is 3.91. The molecule has 0 fully saturated rings. The number of carbonyl (C=O) groups excluding carboxylic acids is 1. The Hall–Kier alpha value is -0.930. The van der Waals surface area contributed by atoms with E-state index in [4.69, 9.17) is 16.3 Å². The summed E-state index contributed by atoms with van der Waals surface area (Å²) in [6.07, 6.45) is 0.379. The Bertz CT molecular complexity index is 377. The van der Waals surface area contributed by atoms with Crippen molar-refractivity contribution in [3.05, 3.63) is 34.6 Å². The Morgan fingerprint density at radius 1 is 1.50 bits per heavy atom. The molecule has 0 saturated heterocycles. The molecule has 4 heteroatoms. The monoisotopic (exact) mass is 244 g/mol. The second-order valence-corrected chi connectivity index (χ2v) is 4.13. The Morgan fingerprint density at radius 2 is 2.19 bits per heavy atom. The molecule has 0 heterocycles. The molecule has 0 aromatic heterocycles. The molecule has 0 aliphatic carbocycles. The highest BCUT2D eigenvalue weighted by Gasteiger charge is 2.09. The number of rotatable bonds is 5. The number of hydrogen-bond acceptors (Lipinski definition) is 2. The maximum Gasteiger partial charge on any atom is 0.165 e. The minimum Gasteiger partial charge on any atom is -0.378 e. The third-order valence-corrected chi connectivity index (χ3v) is 2.31. The first-order valence-electron chi connectivity index (χ1n) is 5.10. The average Bonchev–Trinajstić information content (AvgIpc) is 2.21. The van der Waals surface area contributed by atoms with Crippen LogP contribution in [0.25, 0.3) is 0 Å². The lowest BCUT2D eigenvalue weighted by atomic mass is 10.1. The van der Waals surface area contributed by atoms with E-state index in [1.54, 1.807) is 0 Å². The highest BCUT2D eigenvalue weighted by molar-refractivity contribution is 6.31. The molecule has 0 atom stereocenters. The maximum atomic E-state index is 12.9. The van der Waals surface area contributed by atoms with Gasteiger partial charge in [-0.2, -0.15) is 0 Å². The Kier molecular flexibility index (Phi) is 4.90. The van der Waals surface area contributed by atoms with Crippen molar-refractivity contribution in [2.24, 2.45) is 0 Å². The van der Waals surface area contributed by atoms with Crippen LogP contribution >= 0.6 is 11.6 Å². The number of hydrogen-bond donors (Lipinski definition) is 0. The normalized spacial score (nSPS) is 10.8. The van der Waals surface area contributed by atoms with E-state index in [0.717, 1.165) is 0 Å². The van der Waals surface area contributed by atoms with Gasteiger partial charge in [-0.3, -0.25) is 4.79 Å². The van der Waals surface area contributed by atoms with E-state index in [1.165, 1.54) is 18.2 Å².